The predicted octanol–water partition coefficient (Wildman–Crippen LogP) is 2.97. The van der Waals surface area contributed by atoms with Gasteiger partial charge < -0.3 is 4.90 Å². The molecule has 1 saturated carbocycles. The van der Waals surface area contributed by atoms with Gasteiger partial charge in [-0.15, -0.1) is 0 Å². The van der Waals surface area contributed by atoms with Gasteiger partial charge in [-0.05, 0) is 48.6 Å². The molecule has 4 aromatic rings. The van der Waals surface area contributed by atoms with E-state index in [-0.39, 0.29) is 17.3 Å². The number of amides is 1. The van der Waals surface area contributed by atoms with Crippen LogP contribution in [0.25, 0.3) is 11.0 Å². The molecule has 1 aromatic carbocycles. The van der Waals surface area contributed by atoms with Crippen molar-refractivity contribution in [3.63, 3.8) is 0 Å². The van der Waals surface area contributed by atoms with Gasteiger partial charge in [0.25, 0.3) is 11.5 Å². The van der Waals surface area contributed by atoms with Crippen molar-refractivity contribution < 1.29 is 4.79 Å². The fourth-order valence-corrected chi connectivity index (χ4v) is 4.01. The molecule has 8 heteroatoms. The molecule has 0 atom stereocenters. The molecule has 3 heterocycles. The number of aromatic nitrogens is 4. The summed E-state index contributed by atoms with van der Waals surface area (Å²) in [5.74, 6) is -0.250. The summed E-state index contributed by atoms with van der Waals surface area (Å²) in [6, 6.07) is 13.3. The Morgan fingerprint density at radius 1 is 1.12 bits per heavy atom. The molecule has 8 nitrogen and oxygen atoms in total. The molecule has 0 bridgehead atoms. The zero-order chi connectivity index (χ0) is 22.9. The Balaban J connectivity index is 1.55. The molecule has 1 N–H and O–H groups in total. The number of nitrogens with one attached hydrogen (secondary N) is 1. The van der Waals surface area contributed by atoms with Crippen LogP contribution in [-0.2, 0) is 13.1 Å². The van der Waals surface area contributed by atoms with Gasteiger partial charge in [-0.3, -0.25) is 24.1 Å². The third-order valence-corrected chi connectivity index (χ3v) is 5.94. The van der Waals surface area contributed by atoms with E-state index in [1.807, 2.05) is 43.3 Å². The van der Waals surface area contributed by atoms with Crippen molar-refractivity contribution in [3.05, 3.63) is 104 Å². The maximum absolute atomic E-state index is 13.6. The second-order valence-corrected chi connectivity index (χ2v) is 8.40. The van der Waals surface area contributed by atoms with E-state index in [0.29, 0.717) is 24.3 Å². The molecule has 1 aliphatic rings. The number of aryl methyl sites for hydroxylation is 1. The zero-order valence-corrected chi connectivity index (χ0v) is 18.2. The molecule has 1 aliphatic carbocycles. The molecule has 0 spiro atoms. The summed E-state index contributed by atoms with van der Waals surface area (Å²) < 4.78 is 1.52. The quantitative estimate of drug-likeness (QED) is 0.496. The molecule has 5 rings (SSSR count). The van der Waals surface area contributed by atoms with Crippen LogP contribution < -0.4 is 11.2 Å². The second-order valence-electron chi connectivity index (χ2n) is 8.40. The number of hydrogen-bond donors (Lipinski definition) is 1. The van der Waals surface area contributed by atoms with Gasteiger partial charge in [0.15, 0.2) is 0 Å². The number of fused-ring (bicyclic) bond motifs is 1. The van der Waals surface area contributed by atoms with E-state index in [4.69, 9.17) is 0 Å². The summed E-state index contributed by atoms with van der Waals surface area (Å²) in [5, 5.41) is 0.240. The van der Waals surface area contributed by atoms with Gasteiger partial charge in [0.05, 0.1) is 10.9 Å². The normalized spacial score (nSPS) is 13.2. The van der Waals surface area contributed by atoms with Gasteiger partial charge in [-0.2, -0.15) is 0 Å². The lowest BCUT2D eigenvalue weighted by Crippen LogP contribution is -2.32. The van der Waals surface area contributed by atoms with Crippen LogP contribution in [-0.4, -0.2) is 30.3 Å². The number of aromatic amines is 1. The van der Waals surface area contributed by atoms with E-state index in [2.05, 4.69) is 15.0 Å². The van der Waals surface area contributed by atoms with E-state index in [1.54, 1.807) is 17.3 Å². The van der Waals surface area contributed by atoms with Crippen LogP contribution in [0.3, 0.4) is 0 Å². The number of hydrogen-bond acceptors (Lipinski definition) is 5. The second kappa shape index (κ2) is 8.46. The number of H-pyrrole nitrogens is 1. The zero-order valence-electron chi connectivity index (χ0n) is 18.2. The Bertz CT molecular complexity index is 1450. The Labute approximate surface area is 189 Å². The van der Waals surface area contributed by atoms with Crippen molar-refractivity contribution in [1.29, 1.82) is 0 Å². The first-order valence-corrected chi connectivity index (χ1v) is 10.9. The number of carbonyl (C=O) groups excluding carboxylic acids is 1. The first-order chi connectivity index (χ1) is 16.0. The third-order valence-electron chi connectivity index (χ3n) is 5.94. The van der Waals surface area contributed by atoms with E-state index in [0.717, 1.165) is 29.5 Å². The molecule has 166 valence electrons. The van der Waals surface area contributed by atoms with Crippen LogP contribution in [0.15, 0.2) is 70.6 Å². The first kappa shape index (κ1) is 20.8. The largest absolute Gasteiger partial charge is 0.330 e. The Hall–Kier alpha value is -4.07. The standard InChI is InChI=1S/C25H23N5O3/c1-16-5-2-3-7-18(16)15-29(14-17-6-4-10-26-12-17)24(32)19-11-21-22(27-13-19)30(20-8-9-20)25(33)28-23(21)31/h2-7,10-13,20H,8-9,14-15H2,1H3,(H,28,31,33). The fourth-order valence-electron chi connectivity index (χ4n) is 4.01. The van der Waals surface area contributed by atoms with Gasteiger partial charge in [0, 0.05) is 37.7 Å². The van der Waals surface area contributed by atoms with Gasteiger partial charge in [-0.25, -0.2) is 9.78 Å². The summed E-state index contributed by atoms with van der Waals surface area (Å²) in [6.07, 6.45) is 6.62. The first-order valence-electron chi connectivity index (χ1n) is 10.9. The fraction of sp³-hybridized carbons (Fsp3) is 0.240. The van der Waals surface area contributed by atoms with Crippen LogP contribution in [0.1, 0.15) is 45.9 Å². The molecular weight excluding hydrogens is 418 g/mol. The molecule has 0 aliphatic heterocycles. The molecule has 0 saturated heterocycles. The lowest BCUT2D eigenvalue weighted by atomic mass is 10.1. The minimum Gasteiger partial charge on any atom is -0.330 e. The van der Waals surface area contributed by atoms with Crippen LogP contribution in [0.4, 0.5) is 0 Å². The maximum atomic E-state index is 13.6. The minimum absolute atomic E-state index is 0.0500. The highest BCUT2D eigenvalue weighted by atomic mass is 16.2. The lowest BCUT2D eigenvalue weighted by molar-refractivity contribution is 0.0729. The highest BCUT2D eigenvalue weighted by Crippen LogP contribution is 2.34. The average Bonchev–Trinajstić information content (AvgIpc) is 3.65. The lowest BCUT2D eigenvalue weighted by Gasteiger charge is -2.24. The summed E-state index contributed by atoms with van der Waals surface area (Å²) in [4.78, 5) is 51.0. The van der Waals surface area contributed by atoms with Gasteiger partial charge in [-0.1, -0.05) is 30.3 Å². The highest BCUT2D eigenvalue weighted by Gasteiger charge is 2.28. The van der Waals surface area contributed by atoms with E-state index in [9.17, 15) is 14.4 Å². The van der Waals surface area contributed by atoms with Crippen LogP contribution in [0.2, 0.25) is 0 Å². The topological polar surface area (TPSA) is 101 Å². The third kappa shape index (κ3) is 4.19. The number of benzene rings is 1. The molecular formula is C25H23N5O3. The maximum Gasteiger partial charge on any atom is 0.330 e. The molecule has 1 fully saturated rings. The van der Waals surface area contributed by atoms with Crippen molar-refractivity contribution in [2.75, 3.05) is 0 Å². The monoisotopic (exact) mass is 441 g/mol. The predicted molar refractivity (Wildman–Crippen MR) is 124 cm³/mol. The van der Waals surface area contributed by atoms with Gasteiger partial charge >= 0.3 is 5.69 Å². The van der Waals surface area contributed by atoms with Crippen molar-refractivity contribution in [1.82, 2.24) is 24.4 Å². The molecule has 33 heavy (non-hydrogen) atoms. The Morgan fingerprint density at radius 3 is 2.67 bits per heavy atom. The van der Waals surface area contributed by atoms with Crippen LogP contribution in [0.5, 0.6) is 0 Å². The van der Waals surface area contributed by atoms with Gasteiger partial charge in [0.2, 0.25) is 0 Å². The Kier molecular flexibility index (Phi) is 5.34. The van der Waals surface area contributed by atoms with Crippen molar-refractivity contribution in [2.45, 2.75) is 38.9 Å². The molecule has 0 unspecified atom stereocenters. The average molecular weight is 441 g/mol. The summed E-state index contributed by atoms with van der Waals surface area (Å²) in [7, 11) is 0. The molecule has 3 aromatic heterocycles. The number of carbonyl (C=O) groups is 1. The van der Waals surface area contributed by atoms with Crippen LogP contribution >= 0.6 is 0 Å². The van der Waals surface area contributed by atoms with Crippen molar-refractivity contribution in [2.24, 2.45) is 0 Å². The smallest absolute Gasteiger partial charge is 0.330 e. The van der Waals surface area contributed by atoms with Crippen molar-refractivity contribution >= 4 is 16.9 Å². The molecule has 0 radical (unpaired) electrons. The Morgan fingerprint density at radius 2 is 1.94 bits per heavy atom. The minimum atomic E-state index is -0.535. The number of nitrogens with zero attached hydrogens (tertiary/aromatic N) is 4. The van der Waals surface area contributed by atoms with E-state index in [1.165, 1.54) is 16.8 Å². The summed E-state index contributed by atoms with van der Waals surface area (Å²) >= 11 is 0. The van der Waals surface area contributed by atoms with E-state index < -0.39 is 11.2 Å². The highest BCUT2D eigenvalue weighted by molar-refractivity contribution is 5.96. The van der Waals surface area contributed by atoms with E-state index >= 15 is 0 Å². The summed E-state index contributed by atoms with van der Waals surface area (Å²) in [6.45, 7) is 2.77. The summed E-state index contributed by atoms with van der Waals surface area (Å²) in [5.41, 5.74) is 2.64. The van der Waals surface area contributed by atoms with Crippen molar-refractivity contribution in [3.8, 4) is 0 Å². The number of pyridine rings is 2. The van der Waals surface area contributed by atoms with Crippen LogP contribution in [0, 0.1) is 6.92 Å². The number of rotatable bonds is 6. The molecule has 1 amide bonds. The van der Waals surface area contributed by atoms with Gasteiger partial charge in [0.1, 0.15) is 5.65 Å². The SMILES string of the molecule is Cc1ccccc1CN(Cc1cccnc1)C(=O)c1cnc2c(c1)c(=O)[nH]c(=O)n2C1CC1.